The Morgan fingerprint density at radius 3 is 2.29 bits per heavy atom. The van der Waals surface area contributed by atoms with E-state index in [9.17, 15) is 8.78 Å². The Morgan fingerprint density at radius 1 is 1.21 bits per heavy atom. The predicted octanol–water partition coefficient (Wildman–Crippen LogP) is 2.36. The number of rotatable bonds is 3. The molecule has 14 heavy (non-hydrogen) atoms. The summed E-state index contributed by atoms with van der Waals surface area (Å²) in [4.78, 5) is 0. The van der Waals surface area contributed by atoms with Crippen molar-refractivity contribution in [3.05, 3.63) is 35.9 Å². The Morgan fingerprint density at radius 2 is 1.79 bits per heavy atom. The van der Waals surface area contributed by atoms with Crippen LogP contribution in [0.4, 0.5) is 8.78 Å². The van der Waals surface area contributed by atoms with Crippen molar-refractivity contribution in [1.82, 2.24) is 0 Å². The Bertz CT molecular complexity index is 317. The smallest absolute Gasteiger partial charge is 0.269 e. The number of benzene rings is 1. The van der Waals surface area contributed by atoms with E-state index in [1.54, 1.807) is 24.3 Å². The number of halogens is 2. The fourth-order valence-electron chi connectivity index (χ4n) is 1.53. The van der Waals surface area contributed by atoms with E-state index in [0.717, 1.165) is 0 Å². The first-order chi connectivity index (χ1) is 6.54. The van der Waals surface area contributed by atoms with Crippen LogP contribution >= 0.6 is 0 Å². The Balaban J connectivity index is 2.11. The highest BCUT2D eigenvalue weighted by atomic mass is 19.3. The van der Waals surface area contributed by atoms with Gasteiger partial charge in [-0.3, -0.25) is 0 Å². The van der Waals surface area contributed by atoms with Crippen molar-refractivity contribution in [3.8, 4) is 0 Å². The summed E-state index contributed by atoms with van der Waals surface area (Å²) in [7, 11) is 0. The van der Waals surface area contributed by atoms with Crippen LogP contribution in [0.15, 0.2) is 30.3 Å². The third kappa shape index (κ3) is 1.64. The van der Waals surface area contributed by atoms with Crippen LogP contribution in [0.3, 0.4) is 0 Å². The van der Waals surface area contributed by atoms with Gasteiger partial charge in [-0.25, -0.2) is 8.78 Å². The van der Waals surface area contributed by atoms with Gasteiger partial charge in [0.1, 0.15) is 0 Å². The molecule has 0 aromatic heterocycles. The quantitative estimate of drug-likeness (QED) is 0.790. The van der Waals surface area contributed by atoms with Crippen molar-refractivity contribution in [1.29, 1.82) is 0 Å². The monoisotopic (exact) mass is 197 g/mol. The molecule has 1 aliphatic carbocycles. The molecule has 0 bridgehead atoms. The molecule has 1 fully saturated rings. The SMILES string of the molecule is NC1(C(F)(F)Cc2ccccc2)CC1. The van der Waals surface area contributed by atoms with Crippen LogP contribution in [0.5, 0.6) is 0 Å². The maximum absolute atomic E-state index is 13.6. The van der Waals surface area contributed by atoms with Gasteiger partial charge >= 0.3 is 0 Å². The van der Waals surface area contributed by atoms with E-state index >= 15 is 0 Å². The van der Waals surface area contributed by atoms with Gasteiger partial charge in [-0.1, -0.05) is 30.3 Å². The molecule has 2 N–H and O–H groups in total. The predicted molar refractivity (Wildman–Crippen MR) is 51.2 cm³/mol. The Kier molecular flexibility index (Phi) is 2.07. The van der Waals surface area contributed by atoms with Crippen LogP contribution in [-0.2, 0) is 6.42 Å². The highest BCUT2D eigenvalue weighted by molar-refractivity contribution is 5.20. The van der Waals surface area contributed by atoms with Crippen molar-refractivity contribution >= 4 is 0 Å². The van der Waals surface area contributed by atoms with Crippen molar-refractivity contribution < 1.29 is 8.78 Å². The van der Waals surface area contributed by atoms with E-state index in [0.29, 0.717) is 18.4 Å². The van der Waals surface area contributed by atoms with E-state index in [-0.39, 0.29) is 6.42 Å². The standard InChI is InChI=1S/C11H13F2N/c12-11(13,10(14)6-7-10)8-9-4-2-1-3-5-9/h1-5H,6-8,14H2. The number of alkyl halides is 2. The zero-order valence-electron chi connectivity index (χ0n) is 7.84. The molecule has 0 aliphatic heterocycles. The van der Waals surface area contributed by atoms with E-state index in [1.165, 1.54) is 0 Å². The van der Waals surface area contributed by atoms with Gasteiger partial charge in [0.2, 0.25) is 0 Å². The molecular formula is C11H13F2N. The van der Waals surface area contributed by atoms with Crippen LogP contribution in [0.1, 0.15) is 18.4 Å². The molecule has 0 spiro atoms. The second-order valence-electron chi connectivity index (χ2n) is 4.02. The van der Waals surface area contributed by atoms with Crippen molar-refractivity contribution in [2.75, 3.05) is 0 Å². The summed E-state index contributed by atoms with van der Waals surface area (Å²) in [6.07, 6.45) is 0.629. The molecule has 1 saturated carbocycles. The first-order valence-electron chi connectivity index (χ1n) is 4.74. The first-order valence-corrected chi connectivity index (χ1v) is 4.74. The molecule has 0 unspecified atom stereocenters. The molecule has 1 aromatic rings. The van der Waals surface area contributed by atoms with Crippen molar-refractivity contribution in [2.45, 2.75) is 30.7 Å². The van der Waals surface area contributed by atoms with Crippen LogP contribution < -0.4 is 5.73 Å². The van der Waals surface area contributed by atoms with Crippen molar-refractivity contribution in [2.24, 2.45) is 5.73 Å². The van der Waals surface area contributed by atoms with E-state index in [4.69, 9.17) is 5.73 Å². The summed E-state index contributed by atoms with van der Waals surface area (Å²) in [5.74, 6) is -2.77. The van der Waals surface area contributed by atoms with Crippen LogP contribution in [-0.4, -0.2) is 11.5 Å². The largest absolute Gasteiger partial charge is 0.320 e. The molecule has 0 amide bonds. The topological polar surface area (TPSA) is 26.0 Å². The van der Waals surface area contributed by atoms with E-state index in [2.05, 4.69) is 0 Å². The van der Waals surface area contributed by atoms with Gasteiger partial charge in [0, 0.05) is 6.42 Å². The lowest BCUT2D eigenvalue weighted by Gasteiger charge is -2.22. The summed E-state index contributed by atoms with van der Waals surface area (Å²) in [6.45, 7) is 0. The summed E-state index contributed by atoms with van der Waals surface area (Å²) in [5, 5.41) is 0. The van der Waals surface area contributed by atoms with Gasteiger partial charge in [0.25, 0.3) is 5.92 Å². The average Bonchev–Trinajstić information content (AvgIpc) is 2.86. The summed E-state index contributed by atoms with van der Waals surface area (Å²) >= 11 is 0. The van der Waals surface area contributed by atoms with E-state index < -0.39 is 11.5 Å². The lowest BCUT2D eigenvalue weighted by atomic mass is 10.00. The molecule has 0 radical (unpaired) electrons. The minimum Gasteiger partial charge on any atom is -0.320 e. The lowest BCUT2D eigenvalue weighted by molar-refractivity contribution is -0.0350. The number of nitrogens with two attached hydrogens (primary N) is 1. The highest BCUT2D eigenvalue weighted by Crippen LogP contribution is 2.47. The highest BCUT2D eigenvalue weighted by Gasteiger charge is 2.58. The number of hydrogen-bond acceptors (Lipinski definition) is 1. The maximum Gasteiger partial charge on any atom is 0.269 e. The maximum atomic E-state index is 13.6. The average molecular weight is 197 g/mol. The molecule has 1 aromatic carbocycles. The third-order valence-electron chi connectivity index (χ3n) is 2.79. The second-order valence-corrected chi connectivity index (χ2v) is 4.02. The van der Waals surface area contributed by atoms with Gasteiger partial charge in [-0.15, -0.1) is 0 Å². The van der Waals surface area contributed by atoms with Gasteiger partial charge in [-0.05, 0) is 18.4 Å². The summed E-state index contributed by atoms with van der Waals surface area (Å²) < 4.78 is 27.1. The molecule has 0 atom stereocenters. The fourth-order valence-corrected chi connectivity index (χ4v) is 1.53. The Labute approximate surface area is 81.9 Å². The zero-order valence-corrected chi connectivity index (χ0v) is 7.84. The van der Waals surface area contributed by atoms with Crippen LogP contribution in [0, 0.1) is 0 Å². The fraction of sp³-hybridized carbons (Fsp3) is 0.455. The normalized spacial score (nSPS) is 19.4. The van der Waals surface area contributed by atoms with Gasteiger partial charge in [-0.2, -0.15) is 0 Å². The van der Waals surface area contributed by atoms with Crippen LogP contribution in [0.25, 0.3) is 0 Å². The zero-order chi connectivity index (χ0) is 10.2. The first kappa shape index (κ1) is 9.59. The summed E-state index contributed by atoms with van der Waals surface area (Å²) in [6, 6.07) is 8.76. The van der Waals surface area contributed by atoms with Gasteiger partial charge in [0.15, 0.2) is 0 Å². The molecule has 76 valence electrons. The van der Waals surface area contributed by atoms with Crippen LogP contribution in [0.2, 0.25) is 0 Å². The number of hydrogen-bond donors (Lipinski definition) is 1. The molecule has 2 rings (SSSR count). The lowest BCUT2D eigenvalue weighted by Crippen LogP contribution is -2.45. The minimum absolute atomic E-state index is 0.246. The second kappa shape index (κ2) is 3.02. The third-order valence-corrected chi connectivity index (χ3v) is 2.79. The Hall–Kier alpha value is -0.960. The molecule has 0 saturated heterocycles. The summed E-state index contributed by atoms with van der Waals surface area (Å²) in [5.41, 5.74) is 4.94. The minimum atomic E-state index is -2.77. The molecular weight excluding hydrogens is 184 g/mol. The molecule has 1 aliphatic rings. The molecule has 1 nitrogen and oxygen atoms in total. The van der Waals surface area contributed by atoms with Gasteiger partial charge < -0.3 is 5.73 Å². The molecule has 3 heteroatoms. The van der Waals surface area contributed by atoms with E-state index in [1.807, 2.05) is 6.07 Å². The molecule has 0 heterocycles. The van der Waals surface area contributed by atoms with Gasteiger partial charge in [0.05, 0.1) is 5.54 Å². The van der Waals surface area contributed by atoms with Crippen molar-refractivity contribution in [3.63, 3.8) is 0 Å².